The number of hydrogen-bond acceptors (Lipinski definition) is 7. The van der Waals surface area contributed by atoms with E-state index in [0.717, 1.165) is 17.9 Å². The van der Waals surface area contributed by atoms with E-state index in [-0.39, 0.29) is 31.0 Å². The number of ether oxygens (including phenoxy) is 1. The predicted octanol–water partition coefficient (Wildman–Crippen LogP) is 3.42. The monoisotopic (exact) mass is 502 g/mol. The van der Waals surface area contributed by atoms with Gasteiger partial charge in [0.25, 0.3) is 15.7 Å². The summed E-state index contributed by atoms with van der Waals surface area (Å²) in [6.07, 6.45) is 2.72. The number of nitrogens with zero attached hydrogens (tertiary/aromatic N) is 4. The van der Waals surface area contributed by atoms with Gasteiger partial charge in [0.15, 0.2) is 0 Å². The van der Waals surface area contributed by atoms with Crippen LogP contribution in [0.3, 0.4) is 0 Å². The molecule has 34 heavy (non-hydrogen) atoms. The van der Waals surface area contributed by atoms with Crippen molar-refractivity contribution in [3.8, 4) is 17.3 Å². The van der Waals surface area contributed by atoms with Crippen LogP contribution in [0.15, 0.2) is 41.5 Å². The SMILES string of the molecule is C[Si](C)(C)CCOCn1cnc2c(C#N)c(-c3ccccc3)n(CCCOS(C)(=O)=O)c2c1=O. The highest BCUT2D eigenvalue weighted by atomic mass is 32.2. The van der Waals surface area contributed by atoms with Crippen LogP contribution in [0.2, 0.25) is 25.7 Å². The molecule has 0 radical (unpaired) electrons. The molecule has 0 saturated carbocycles. The van der Waals surface area contributed by atoms with Crippen LogP contribution in [-0.4, -0.2) is 50.1 Å². The smallest absolute Gasteiger partial charge is 0.279 e. The zero-order valence-electron chi connectivity index (χ0n) is 19.9. The summed E-state index contributed by atoms with van der Waals surface area (Å²) in [5.74, 6) is 0. The summed E-state index contributed by atoms with van der Waals surface area (Å²) in [5.41, 5.74) is 1.91. The first kappa shape index (κ1) is 25.8. The standard InChI is InChI=1S/C23H30N4O5SSi/c1-33(29,30)32-12-8-11-27-21(18-9-6-5-7-10-18)19(15-24)20-22(27)23(28)26(16-25-20)17-31-13-14-34(2,3)4/h5-7,9-10,16H,8,11-14,17H2,1-4H3. The van der Waals surface area contributed by atoms with Gasteiger partial charge in [0, 0.05) is 21.2 Å². The van der Waals surface area contributed by atoms with Gasteiger partial charge in [-0.3, -0.25) is 13.5 Å². The second-order valence-corrected chi connectivity index (χ2v) is 16.6. The summed E-state index contributed by atoms with van der Waals surface area (Å²) in [6, 6.07) is 12.5. The van der Waals surface area contributed by atoms with Gasteiger partial charge in [-0.2, -0.15) is 13.7 Å². The quantitative estimate of drug-likeness (QED) is 0.224. The summed E-state index contributed by atoms with van der Waals surface area (Å²) >= 11 is 0. The fourth-order valence-corrected chi connectivity index (χ4v) is 4.73. The van der Waals surface area contributed by atoms with Gasteiger partial charge in [0.05, 0.1) is 18.6 Å². The van der Waals surface area contributed by atoms with Gasteiger partial charge < -0.3 is 9.30 Å². The minimum absolute atomic E-state index is 0.0388. The molecule has 0 aliphatic heterocycles. The van der Waals surface area contributed by atoms with Crippen molar-refractivity contribution in [3.05, 3.63) is 52.6 Å². The van der Waals surface area contributed by atoms with E-state index in [2.05, 4.69) is 30.7 Å². The summed E-state index contributed by atoms with van der Waals surface area (Å²) in [4.78, 5) is 17.9. The van der Waals surface area contributed by atoms with Gasteiger partial charge in [0.2, 0.25) is 0 Å². The zero-order chi connectivity index (χ0) is 24.9. The van der Waals surface area contributed by atoms with Crippen LogP contribution >= 0.6 is 0 Å². The van der Waals surface area contributed by atoms with Crippen molar-refractivity contribution in [2.45, 2.75) is 45.4 Å². The maximum absolute atomic E-state index is 13.4. The maximum atomic E-state index is 13.4. The average Bonchev–Trinajstić information content (AvgIpc) is 3.09. The first-order valence-corrected chi connectivity index (χ1v) is 16.5. The van der Waals surface area contributed by atoms with E-state index in [4.69, 9.17) is 8.92 Å². The molecule has 0 atom stereocenters. The average molecular weight is 503 g/mol. The molecule has 0 fully saturated rings. The molecule has 0 aliphatic rings. The Labute approximate surface area is 200 Å². The molecule has 0 amide bonds. The highest BCUT2D eigenvalue weighted by Gasteiger charge is 2.23. The predicted molar refractivity (Wildman–Crippen MR) is 134 cm³/mol. The van der Waals surface area contributed by atoms with Crippen molar-refractivity contribution in [3.63, 3.8) is 0 Å². The summed E-state index contributed by atoms with van der Waals surface area (Å²) < 4.78 is 36.4. The van der Waals surface area contributed by atoms with E-state index in [9.17, 15) is 18.5 Å². The van der Waals surface area contributed by atoms with Crippen LogP contribution in [0, 0.1) is 11.3 Å². The second kappa shape index (κ2) is 10.6. The topological polar surface area (TPSA) is 116 Å². The molecule has 182 valence electrons. The van der Waals surface area contributed by atoms with Crippen LogP contribution in [0.25, 0.3) is 22.3 Å². The van der Waals surface area contributed by atoms with Gasteiger partial charge in [-0.15, -0.1) is 0 Å². The molecule has 0 saturated heterocycles. The van der Waals surface area contributed by atoms with E-state index in [0.29, 0.717) is 29.8 Å². The fourth-order valence-electron chi connectivity index (χ4n) is 3.56. The van der Waals surface area contributed by atoms with E-state index < -0.39 is 18.2 Å². The molecule has 2 aromatic heterocycles. The molecule has 0 unspecified atom stereocenters. The Morgan fingerprint density at radius 2 is 1.85 bits per heavy atom. The van der Waals surface area contributed by atoms with Crippen LogP contribution in [0.5, 0.6) is 0 Å². The van der Waals surface area contributed by atoms with Crippen molar-refractivity contribution >= 4 is 29.2 Å². The van der Waals surface area contributed by atoms with Gasteiger partial charge in [-0.1, -0.05) is 50.0 Å². The lowest BCUT2D eigenvalue weighted by atomic mass is 10.1. The number of rotatable bonds is 11. The molecule has 11 heteroatoms. The lowest BCUT2D eigenvalue weighted by Gasteiger charge is -2.16. The Morgan fingerprint density at radius 3 is 2.47 bits per heavy atom. The van der Waals surface area contributed by atoms with Crippen molar-refractivity contribution in [2.24, 2.45) is 0 Å². The number of nitriles is 1. The highest BCUT2D eigenvalue weighted by Crippen LogP contribution is 2.31. The van der Waals surface area contributed by atoms with Crippen molar-refractivity contribution < 1.29 is 17.3 Å². The Balaban J connectivity index is 2.04. The molecule has 9 nitrogen and oxygen atoms in total. The van der Waals surface area contributed by atoms with Gasteiger partial charge in [-0.05, 0) is 18.0 Å². The molecule has 2 heterocycles. The lowest BCUT2D eigenvalue weighted by Crippen LogP contribution is -2.26. The Kier molecular flexibility index (Phi) is 8.09. The molecular formula is C23H30N4O5SSi. The third kappa shape index (κ3) is 6.42. The van der Waals surface area contributed by atoms with Gasteiger partial charge in [0.1, 0.15) is 35.7 Å². The molecule has 3 aromatic rings. The molecule has 0 N–H and O–H groups in total. The summed E-state index contributed by atoms with van der Waals surface area (Å²) in [7, 11) is -4.84. The molecule has 3 rings (SSSR count). The number of hydrogen-bond donors (Lipinski definition) is 0. The van der Waals surface area contributed by atoms with Gasteiger partial charge >= 0.3 is 0 Å². The third-order valence-electron chi connectivity index (χ3n) is 5.24. The number of aryl methyl sites for hydroxylation is 1. The normalized spacial score (nSPS) is 12.2. The minimum Gasteiger partial charge on any atom is -0.361 e. The zero-order valence-corrected chi connectivity index (χ0v) is 21.8. The Morgan fingerprint density at radius 1 is 1.15 bits per heavy atom. The van der Waals surface area contributed by atoms with Crippen LogP contribution < -0.4 is 5.56 Å². The van der Waals surface area contributed by atoms with Crippen molar-refractivity contribution in [1.82, 2.24) is 14.1 Å². The van der Waals surface area contributed by atoms with E-state index in [1.54, 1.807) is 4.57 Å². The number of aromatic nitrogens is 3. The first-order valence-electron chi connectivity index (χ1n) is 11.0. The van der Waals surface area contributed by atoms with Crippen molar-refractivity contribution in [2.75, 3.05) is 19.5 Å². The summed E-state index contributed by atoms with van der Waals surface area (Å²) in [6.45, 7) is 7.62. The lowest BCUT2D eigenvalue weighted by molar-refractivity contribution is 0.0843. The first-order chi connectivity index (χ1) is 16.0. The van der Waals surface area contributed by atoms with E-state index in [1.165, 1.54) is 10.9 Å². The minimum atomic E-state index is -3.57. The Bertz CT molecular complexity index is 1350. The second-order valence-electron chi connectivity index (χ2n) is 9.30. The van der Waals surface area contributed by atoms with Crippen LogP contribution in [-0.2, 0) is 32.3 Å². The maximum Gasteiger partial charge on any atom is 0.279 e. The largest absolute Gasteiger partial charge is 0.361 e. The molecule has 0 bridgehead atoms. The molecular weight excluding hydrogens is 472 g/mol. The highest BCUT2D eigenvalue weighted by molar-refractivity contribution is 7.85. The third-order valence-corrected chi connectivity index (χ3v) is 7.54. The Hall–Kier alpha value is -2.78. The number of benzene rings is 1. The van der Waals surface area contributed by atoms with Gasteiger partial charge in [-0.25, -0.2) is 4.98 Å². The van der Waals surface area contributed by atoms with Crippen molar-refractivity contribution in [1.29, 1.82) is 5.26 Å². The molecule has 1 aromatic carbocycles. The number of fused-ring (bicyclic) bond motifs is 1. The molecule has 0 aliphatic carbocycles. The fraction of sp³-hybridized carbons (Fsp3) is 0.435. The summed E-state index contributed by atoms with van der Waals surface area (Å²) in [5, 5.41) is 9.94. The van der Waals surface area contributed by atoms with E-state index in [1.807, 2.05) is 30.3 Å². The van der Waals surface area contributed by atoms with Crippen LogP contribution in [0.1, 0.15) is 12.0 Å². The van der Waals surface area contributed by atoms with Crippen LogP contribution in [0.4, 0.5) is 0 Å². The van der Waals surface area contributed by atoms with E-state index >= 15 is 0 Å². The molecule has 0 spiro atoms.